The van der Waals surface area contributed by atoms with E-state index >= 15 is 0 Å². The third-order valence-corrected chi connectivity index (χ3v) is 4.19. The molecule has 0 saturated carbocycles. The maximum absolute atomic E-state index is 11.4. The number of fused-ring (bicyclic) bond motifs is 1. The van der Waals surface area contributed by atoms with E-state index in [4.69, 9.17) is 10.5 Å². The zero-order valence-corrected chi connectivity index (χ0v) is 12.0. The number of anilines is 1. The number of aromatic amines is 1. The number of nitrogens with two attached hydrogens (primary N) is 1. The van der Waals surface area contributed by atoms with Crippen molar-refractivity contribution in [3.8, 4) is 11.5 Å². The summed E-state index contributed by atoms with van der Waals surface area (Å²) in [6.07, 6.45) is 1.16. The standard InChI is InChI=1S/C14H13N3O3S/c1-21(18,19)10-7-5-9(6-8-10)20-12-4-2-3-11-13(12)14(15)17-16-11/h2-8H,1H3,(H3,15,16,17). The summed E-state index contributed by atoms with van der Waals surface area (Å²) in [6, 6.07) is 11.7. The average Bonchev–Trinajstić information content (AvgIpc) is 2.81. The van der Waals surface area contributed by atoms with E-state index in [9.17, 15) is 8.42 Å². The van der Waals surface area contributed by atoms with Gasteiger partial charge in [-0.05, 0) is 36.4 Å². The lowest BCUT2D eigenvalue weighted by Gasteiger charge is -2.07. The average molecular weight is 303 g/mol. The summed E-state index contributed by atoms with van der Waals surface area (Å²) in [4.78, 5) is 0.246. The second-order valence-corrected chi connectivity index (χ2v) is 6.65. The molecule has 0 aliphatic carbocycles. The van der Waals surface area contributed by atoms with Crippen molar-refractivity contribution in [2.45, 2.75) is 4.90 Å². The lowest BCUT2D eigenvalue weighted by atomic mass is 10.2. The van der Waals surface area contributed by atoms with E-state index in [0.717, 1.165) is 11.8 Å². The normalized spacial score (nSPS) is 11.7. The van der Waals surface area contributed by atoms with Crippen LogP contribution in [-0.4, -0.2) is 24.9 Å². The summed E-state index contributed by atoms with van der Waals surface area (Å²) in [5.41, 5.74) is 6.59. The predicted molar refractivity (Wildman–Crippen MR) is 80.1 cm³/mol. The fourth-order valence-corrected chi connectivity index (χ4v) is 2.66. The zero-order chi connectivity index (χ0) is 15.0. The highest BCUT2D eigenvalue weighted by Crippen LogP contribution is 2.32. The molecule has 3 N–H and O–H groups in total. The van der Waals surface area contributed by atoms with E-state index in [1.165, 1.54) is 12.1 Å². The van der Waals surface area contributed by atoms with E-state index in [-0.39, 0.29) is 4.90 Å². The van der Waals surface area contributed by atoms with Gasteiger partial charge in [-0.25, -0.2) is 8.42 Å². The minimum atomic E-state index is -3.22. The number of rotatable bonds is 3. The van der Waals surface area contributed by atoms with Crippen LogP contribution in [0.2, 0.25) is 0 Å². The molecule has 0 atom stereocenters. The first-order valence-corrected chi connectivity index (χ1v) is 8.05. The van der Waals surface area contributed by atoms with Gasteiger partial charge < -0.3 is 10.5 Å². The minimum Gasteiger partial charge on any atom is -0.457 e. The molecule has 1 heterocycles. The lowest BCUT2D eigenvalue weighted by Crippen LogP contribution is -1.96. The highest BCUT2D eigenvalue weighted by atomic mass is 32.2. The van der Waals surface area contributed by atoms with E-state index in [2.05, 4.69) is 10.2 Å². The highest BCUT2D eigenvalue weighted by Gasteiger charge is 2.11. The highest BCUT2D eigenvalue weighted by molar-refractivity contribution is 7.90. The van der Waals surface area contributed by atoms with Crippen molar-refractivity contribution in [1.29, 1.82) is 0 Å². The molecule has 3 aromatic rings. The number of nitrogens with zero attached hydrogens (tertiary/aromatic N) is 1. The lowest BCUT2D eigenvalue weighted by molar-refractivity contribution is 0.488. The summed E-state index contributed by atoms with van der Waals surface area (Å²) in [5, 5.41) is 7.45. The Kier molecular flexibility index (Phi) is 3.06. The van der Waals surface area contributed by atoms with E-state index in [1.54, 1.807) is 18.2 Å². The monoisotopic (exact) mass is 303 g/mol. The molecule has 0 amide bonds. The number of benzene rings is 2. The first-order chi connectivity index (χ1) is 9.95. The topological polar surface area (TPSA) is 98.1 Å². The second-order valence-electron chi connectivity index (χ2n) is 4.63. The summed E-state index contributed by atoms with van der Waals surface area (Å²) in [6.45, 7) is 0. The molecule has 0 spiro atoms. The van der Waals surface area contributed by atoms with Gasteiger partial charge in [0.2, 0.25) is 0 Å². The van der Waals surface area contributed by atoms with Gasteiger partial charge in [-0.3, -0.25) is 5.10 Å². The fourth-order valence-electron chi connectivity index (χ4n) is 2.03. The third-order valence-electron chi connectivity index (χ3n) is 3.06. The molecule has 1 aromatic heterocycles. The van der Waals surface area contributed by atoms with Crippen LogP contribution in [0.4, 0.5) is 5.82 Å². The predicted octanol–water partition coefficient (Wildman–Crippen LogP) is 2.34. The molecule has 0 fully saturated rings. The number of aromatic nitrogens is 2. The Morgan fingerprint density at radius 2 is 1.86 bits per heavy atom. The molecule has 21 heavy (non-hydrogen) atoms. The molecule has 108 valence electrons. The maximum Gasteiger partial charge on any atom is 0.175 e. The SMILES string of the molecule is CS(=O)(=O)c1ccc(Oc2cccc3[nH]nc(N)c23)cc1. The Hall–Kier alpha value is -2.54. The Bertz CT molecular complexity index is 899. The molecule has 0 bridgehead atoms. The van der Waals surface area contributed by atoms with Crippen LogP contribution < -0.4 is 10.5 Å². The van der Waals surface area contributed by atoms with E-state index in [0.29, 0.717) is 22.7 Å². The molecule has 0 aliphatic rings. The molecule has 2 aromatic carbocycles. The first-order valence-electron chi connectivity index (χ1n) is 6.16. The van der Waals surface area contributed by atoms with Gasteiger partial charge >= 0.3 is 0 Å². The molecule has 0 saturated heterocycles. The van der Waals surface area contributed by atoms with Crippen molar-refractivity contribution in [2.24, 2.45) is 0 Å². The Morgan fingerprint density at radius 3 is 2.52 bits per heavy atom. The molecule has 0 aliphatic heterocycles. The van der Waals surface area contributed by atoms with Gasteiger partial charge in [-0.2, -0.15) is 5.10 Å². The number of H-pyrrole nitrogens is 1. The van der Waals surface area contributed by atoms with Crippen molar-refractivity contribution in [3.05, 3.63) is 42.5 Å². The van der Waals surface area contributed by atoms with Crippen LogP contribution in [0, 0.1) is 0 Å². The molecule has 6 nitrogen and oxygen atoms in total. The minimum absolute atomic E-state index is 0.246. The van der Waals surface area contributed by atoms with Crippen molar-refractivity contribution < 1.29 is 13.2 Å². The molecule has 7 heteroatoms. The van der Waals surface area contributed by atoms with Gasteiger partial charge in [0.1, 0.15) is 11.5 Å². The van der Waals surface area contributed by atoms with Crippen molar-refractivity contribution >= 4 is 26.6 Å². The maximum atomic E-state index is 11.4. The van der Waals surface area contributed by atoms with E-state index < -0.39 is 9.84 Å². The molecular formula is C14H13N3O3S. The quantitative estimate of drug-likeness (QED) is 0.774. The van der Waals surface area contributed by atoms with Gasteiger partial charge in [0, 0.05) is 6.26 Å². The number of hydrogen-bond donors (Lipinski definition) is 2. The number of sulfone groups is 1. The van der Waals surface area contributed by atoms with Crippen LogP contribution in [0.1, 0.15) is 0 Å². The smallest absolute Gasteiger partial charge is 0.175 e. The van der Waals surface area contributed by atoms with Crippen molar-refractivity contribution in [1.82, 2.24) is 10.2 Å². The summed E-state index contributed by atoms with van der Waals surface area (Å²) < 4.78 is 28.6. The fraction of sp³-hybridized carbons (Fsp3) is 0.0714. The molecule has 0 radical (unpaired) electrons. The molecule has 0 unspecified atom stereocenters. The van der Waals surface area contributed by atoms with Gasteiger partial charge in [-0.1, -0.05) is 6.07 Å². The number of hydrogen-bond acceptors (Lipinski definition) is 5. The molecule has 3 rings (SSSR count). The van der Waals surface area contributed by atoms with Crippen molar-refractivity contribution in [2.75, 3.05) is 12.0 Å². The van der Waals surface area contributed by atoms with Crippen LogP contribution in [0.3, 0.4) is 0 Å². The van der Waals surface area contributed by atoms with E-state index in [1.807, 2.05) is 12.1 Å². The number of nitrogen functional groups attached to an aromatic ring is 1. The van der Waals surface area contributed by atoms with Crippen LogP contribution >= 0.6 is 0 Å². The summed E-state index contributed by atoms with van der Waals surface area (Å²) in [7, 11) is -3.22. The second kappa shape index (κ2) is 4.78. The van der Waals surface area contributed by atoms with Crippen molar-refractivity contribution in [3.63, 3.8) is 0 Å². The number of ether oxygens (including phenoxy) is 1. The summed E-state index contributed by atoms with van der Waals surface area (Å²) >= 11 is 0. The van der Waals surface area contributed by atoms with Crippen LogP contribution in [0.5, 0.6) is 11.5 Å². The Labute approximate surface area is 121 Å². The zero-order valence-electron chi connectivity index (χ0n) is 11.2. The van der Waals surface area contributed by atoms with Gasteiger partial charge in [0.05, 0.1) is 15.8 Å². The Morgan fingerprint density at radius 1 is 1.14 bits per heavy atom. The Balaban J connectivity index is 1.97. The first kappa shape index (κ1) is 13.4. The summed E-state index contributed by atoms with van der Waals surface area (Å²) in [5.74, 6) is 1.44. The van der Waals surface area contributed by atoms with Crippen LogP contribution in [0.25, 0.3) is 10.9 Å². The largest absolute Gasteiger partial charge is 0.457 e. The van der Waals surface area contributed by atoms with Crippen LogP contribution in [0.15, 0.2) is 47.4 Å². The van der Waals surface area contributed by atoms with Gasteiger partial charge in [0.25, 0.3) is 0 Å². The third kappa shape index (κ3) is 2.55. The number of nitrogens with one attached hydrogen (secondary N) is 1. The molecular weight excluding hydrogens is 290 g/mol. The van der Waals surface area contributed by atoms with Gasteiger partial charge in [0.15, 0.2) is 15.7 Å². The van der Waals surface area contributed by atoms with Crippen LogP contribution in [-0.2, 0) is 9.84 Å². The van der Waals surface area contributed by atoms with Gasteiger partial charge in [-0.15, -0.1) is 0 Å².